The molecule has 176 valence electrons. The number of rotatable bonds is 6. The molecule has 0 saturated heterocycles. The molecule has 1 spiro atoms. The molecule has 0 bridgehead atoms. The Bertz CT molecular complexity index is 1410. The lowest BCUT2D eigenvalue weighted by Gasteiger charge is -2.91. The van der Waals surface area contributed by atoms with Crippen molar-refractivity contribution in [1.29, 1.82) is 0 Å². The highest BCUT2D eigenvalue weighted by molar-refractivity contribution is 6.21. The van der Waals surface area contributed by atoms with Crippen molar-refractivity contribution in [2.45, 2.75) is 32.1 Å². The number of fused-ring (bicyclic) bond motifs is 2. The van der Waals surface area contributed by atoms with Gasteiger partial charge in [-0.15, -0.1) is 0 Å². The average molecular weight is 467 g/mol. The van der Waals surface area contributed by atoms with Crippen LogP contribution in [-0.4, -0.2) is 45.1 Å². The Kier molecular flexibility index (Phi) is 3.61. The SMILES string of the molecule is O=C(NCC12CC3CC4CC(C1)C432)c1cccc2nc(CCN3C(=O)c4ccccc4C3=O)cn12. The minimum Gasteiger partial charge on any atom is -0.350 e. The van der Waals surface area contributed by atoms with Crippen molar-refractivity contribution >= 4 is 23.4 Å². The van der Waals surface area contributed by atoms with Gasteiger partial charge >= 0.3 is 0 Å². The monoisotopic (exact) mass is 466 g/mol. The Hall–Kier alpha value is -3.48. The smallest absolute Gasteiger partial charge is 0.268 e. The molecule has 4 fully saturated rings. The van der Waals surface area contributed by atoms with Crippen molar-refractivity contribution in [1.82, 2.24) is 19.6 Å². The number of nitrogens with zero attached hydrogens (tertiary/aromatic N) is 3. The Balaban J connectivity index is 0.979. The van der Waals surface area contributed by atoms with E-state index in [1.165, 1.54) is 30.6 Å². The number of nitrogens with one attached hydrogen (secondary N) is 1. The van der Waals surface area contributed by atoms with Crippen LogP contribution in [-0.2, 0) is 6.42 Å². The van der Waals surface area contributed by atoms with Crippen LogP contribution in [0.5, 0.6) is 0 Å². The van der Waals surface area contributed by atoms with Gasteiger partial charge in [0.25, 0.3) is 17.7 Å². The summed E-state index contributed by atoms with van der Waals surface area (Å²) in [6.45, 7) is 1.04. The number of imide groups is 1. The van der Waals surface area contributed by atoms with E-state index in [1.807, 2.05) is 28.8 Å². The predicted octanol–water partition coefficient (Wildman–Crippen LogP) is 3.34. The fourth-order valence-corrected chi connectivity index (χ4v) is 8.84. The fourth-order valence-electron chi connectivity index (χ4n) is 8.84. The zero-order chi connectivity index (χ0) is 23.5. The summed E-state index contributed by atoms with van der Waals surface area (Å²) in [4.78, 5) is 44.4. The van der Waals surface area contributed by atoms with Gasteiger partial charge in [0.2, 0.25) is 0 Å². The van der Waals surface area contributed by atoms with Crippen molar-refractivity contribution in [2.24, 2.45) is 28.6 Å². The van der Waals surface area contributed by atoms with Crippen molar-refractivity contribution in [3.8, 4) is 0 Å². The predicted molar refractivity (Wildman–Crippen MR) is 127 cm³/mol. The molecule has 7 heteroatoms. The quantitative estimate of drug-likeness (QED) is 0.565. The maximum atomic E-state index is 13.2. The van der Waals surface area contributed by atoms with Crippen molar-refractivity contribution in [3.63, 3.8) is 0 Å². The highest BCUT2D eigenvalue weighted by Gasteiger charge is 2.87. The fraction of sp³-hybridized carbons (Fsp3) is 0.429. The van der Waals surface area contributed by atoms with Gasteiger partial charge in [0.1, 0.15) is 11.3 Å². The minimum absolute atomic E-state index is 0.0623. The van der Waals surface area contributed by atoms with Gasteiger partial charge in [-0.1, -0.05) is 18.2 Å². The summed E-state index contributed by atoms with van der Waals surface area (Å²) in [6.07, 6.45) is 7.71. The highest BCUT2D eigenvalue weighted by atomic mass is 16.2. The molecule has 3 amide bonds. The number of carbonyl (C=O) groups is 3. The largest absolute Gasteiger partial charge is 0.350 e. The summed E-state index contributed by atoms with van der Waals surface area (Å²) >= 11 is 0. The molecule has 3 heterocycles. The molecule has 3 aromatic rings. The van der Waals surface area contributed by atoms with Crippen LogP contribution in [0.4, 0.5) is 0 Å². The van der Waals surface area contributed by atoms with Crippen LogP contribution in [0, 0.1) is 28.6 Å². The molecule has 1 aromatic carbocycles. The molecular formula is C28H26N4O3. The number of carbonyl (C=O) groups excluding carboxylic acids is 3. The first kappa shape index (κ1) is 19.8. The number of amides is 3. The minimum atomic E-state index is -0.259. The summed E-state index contributed by atoms with van der Waals surface area (Å²) in [5.41, 5.74) is 3.87. The second-order valence-electron chi connectivity index (χ2n) is 11.3. The standard InChI is InChI=1S/C28H26N4O3/c33-24(29-15-27-12-17-10-16-11-18(13-27)28(16,17)27)22-6-3-7-23-30-19(14-32(22)23)8-9-31-25(34)20-4-1-2-5-21(20)26(31)35/h1-7,14,16-18H,8-13,15H2,(H,29,33). The first-order valence-electron chi connectivity index (χ1n) is 12.7. The summed E-state index contributed by atoms with van der Waals surface area (Å²) in [7, 11) is 0. The maximum Gasteiger partial charge on any atom is 0.268 e. The van der Waals surface area contributed by atoms with Gasteiger partial charge in [-0.25, -0.2) is 4.98 Å². The lowest BCUT2D eigenvalue weighted by molar-refractivity contribution is -0.428. The van der Waals surface area contributed by atoms with E-state index >= 15 is 0 Å². The highest BCUT2D eigenvalue weighted by Crippen LogP contribution is 2.92. The van der Waals surface area contributed by atoms with E-state index in [1.54, 1.807) is 24.3 Å². The number of pyridine rings is 1. The average Bonchev–Trinajstić information content (AvgIpc) is 3.34. The molecule has 2 unspecified atom stereocenters. The zero-order valence-corrected chi connectivity index (χ0v) is 19.4. The maximum absolute atomic E-state index is 13.2. The van der Waals surface area contributed by atoms with Crippen LogP contribution >= 0.6 is 0 Å². The van der Waals surface area contributed by atoms with Gasteiger partial charge in [0, 0.05) is 25.7 Å². The van der Waals surface area contributed by atoms with Crippen LogP contribution < -0.4 is 5.32 Å². The molecule has 4 saturated carbocycles. The Morgan fingerprint density at radius 2 is 1.69 bits per heavy atom. The van der Waals surface area contributed by atoms with Gasteiger partial charge in [0.15, 0.2) is 0 Å². The third-order valence-corrected chi connectivity index (χ3v) is 10.2. The molecule has 1 aliphatic heterocycles. The number of aromatic nitrogens is 2. The van der Waals surface area contributed by atoms with Crippen LogP contribution in [0.15, 0.2) is 48.7 Å². The third kappa shape index (κ3) is 2.23. The van der Waals surface area contributed by atoms with Gasteiger partial charge in [0.05, 0.1) is 16.8 Å². The molecular weight excluding hydrogens is 440 g/mol. The molecule has 2 atom stereocenters. The third-order valence-electron chi connectivity index (χ3n) is 10.2. The lowest BCUT2D eigenvalue weighted by atomic mass is 9.13. The molecule has 1 N–H and O–H groups in total. The molecule has 7 nitrogen and oxygen atoms in total. The van der Waals surface area contributed by atoms with Crippen LogP contribution in [0.2, 0.25) is 0 Å². The number of hydrogen-bond acceptors (Lipinski definition) is 4. The van der Waals surface area contributed by atoms with Crippen LogP contribution in [0.1, 0.15) is 62.6 Å². The normalized spacial score (nSPS) is 33.1. The summed E-state index contributed by atoms with van der Waals surface area (Å²) < 4.78 is 1.83. The summed E-state index contributed by atoms with van der Waals surface area (Å²) in [5, 5.41) is 3.26. The van der Waals surface area contributed by atoms with Gasteiger partial charge in [-0.05, 0) is 78.5 Å². The van der Waals surface area contributed by atoms with E-state index in [2.05, 4.69) is 10.3 Å². The van der Waals surface area contributed by atoms with E-state index in [9.17, 15) is 14.4 Å². The molecule has 2 aromatic heterocycles. The van der Waals surface area contributed by atoms with Crippen molar-refractivity contribution < 1.29 is 14.4 Å². The molecule has 8 rings (SSSR count). The zero-order valence-electron chi connectivity index (χ0n) is 19.4. The Morgan fingerprint density at radius 1 is 0.971 bits per heavy atom. The topological polar surface area (TPSA) is 83.8 Å². The van der Waals surface area contributed by atoms with Gasteiger partial charge in [-0.2, -0.15) is 0 Å². The Labute approximate surface area is 202 Å². The second-order valence-corrected chi connectivity index (χ2v) is 11.3. The number of hydrogen-bond donors (Lipinski definition) is 1. The molecule has 5 aliphatic rings. The molecule has 4 aliphatic carbocycles. The molecule has 0 radical (unpaired) electrons. The summed E-state index contributed by atoms with van der Waals surface area (Å²) in [6, 6.07) is 12.5. The van der Waals surface area contributed by atoms with Crippen molar-refractivity contribution in [3.05, 3.63) is 71.2 Å². The second kappa shape index (κ2) is 6.39. The van der Waals surface area contributed by atoms with E-state index in [0.29, 0.717) is 39.7 Å². The van der Waals surface area contributed by atoms with Gasteiger partial charge < -0.3 is 5.32 Å². The lowest BCUT2D eigenvalue weighted by Crippen LogP contribution is -2.86. The van der Waals surface area contributed by atoms with Gasteiger partial charge in [-0.3, -0.25) is 23.7 Å². The van der Waals surface area contributed by atoms with Crippen LogP contribution in [0.25, 0.3) is 5.65 Å². The number of imidazole rings is 1. The van der Waals surface area contributed by atoms with E-state index in [-0.39, 0.29) is 24.3 Å². The first-order chi connectivity index (χ1) is 17.0. The Morgan fingerprint density at radius 3 is 2.34 bits per heavy atom. The molecule has 35 heavy (non-hydrogen) atoms. The van der Waals surface area contributed by atoms with E-state index in [0.717, 1.165) is 30.0 Å². The summed E-state index contributed by atoms with van der Waals surface area (Å²) in [5.74, 6) is 2.21. The van der Waals surface area contributed by atoms with E-state index < -0.39 is 0 Å². The van der Waals surface area contributed by atoms with Crippen LogP contribution in [0.3, 0.4) is 0 Å². The van der Waals surface area contributed by atoms with Crippen molar-refractivity contribution in [2.75, 3.05) is 13.1 Å². The number of benzene rings is 1. The first-order valence-corrected chi connectivity index (χ1v) is 12.7. The van der Waals surface area contributed by atoms with E-state index in [4.69, 9.17) is 0 Å².